The normalized spacial score (nSPS) is 11.9. The quantitative estimate of drug-likeness (QED) is 0.441. The predicted molar refractivity (Wildman–Crippen MR) is 82.0 cm³/mol. The molecule has 4 nitrogen and oxygen atoms in total. The van der Waals surface area contributed by atoms with Crippen LogP contribution in [0, 0.1) is 0 Å². The zero-order chi connectivity index (χ0) is 13.9. The Kier molecular flexibility index (Phi) is 3.39. The van der Waals surface area contributed by atoms with Gasteiger partial charge >= 0.3 is 0 Å². The van der Waals surface area contributed by atoms with Crippen LogP contribution in [0.25, 0.3) is 11.0 Å². The summed E-state index contributed by atoms with van der Waals surface area (Å²) in [7, 11) is 0. The third-order valence-corrected chi connectivity index (χ3v) is 3.36. The zero-order valence-electron chi connectivity index (χ0n) is 10.7. The number of para-hydroxylation sites is 2. The Morgan fingerprint density at radius 2 is 1.90 bits per heavy atom. The van der Waals surface area contributed by atoms with Gasteiger partial charge in [0.25, 0.3) is 0 Å². The van der Waals surface area contributed by atoms with Crippen LogP contribution in [0.2, 0.25) is 5.02 Å². The Hall–Kier alpha value is -2.33. The lowest BCUT2D eigenvalue weighted by Gasteiger charge is -2.03. The van der Waals surface area contributed by atoms with E-state index in [0.717, 1.165) is 28.1 Å². The number of fused-ring (bicyclic) bond motifs is 1. The average molecular weight is 285 g/mol. The van der Waals surface area contributed by atoms with Crippen LogP contribution in [0.4, 0.5) is 0 Å². The number of nitrogens with zero attached hydrogens (tertiary/aromatic N) is 2. The van der Waals surface area contributed by atoms with Crippen molar-refractivity contribution < 1.29 is 0 Å². The van der Waals surface area contributed by atoms with Crippen LogP contribution in [0.1, 0.15) is 11.4 Å². The molecule has 0 bridgehead atoms. The van der Waals surface area contributed by atoms with E-state index in [0.29, 0.717) is 11.4 Å². The largest absolute Gasteiger partial charge is 0.342 e. The molecule has 0 radical (unpaired) electrons. The number of hydrogen-bond donors (Lipinski definition) is 2. The highest BCUT2D eigenvalue weighted by atomic mass is 35.5. The third-order valence-electron chi connectivity index (χ3n) is 3.11. The third kappa shape index (κ3) is 2.51. The fourth-order valence-corrected chi connectivity index (χ4v) is 2.24. The van der Waals surface area contributed by atoms with Gasteiger partial charge in [-0.15, -0.1) is 0 Å². The van der Waals surface area contributed by atoms with Gasteiger partial charge in [0.1, 0.15) is 5.82 Å². The van der Waals surface area contributed by atoms with Crippen LogP contribution >= 0.6 is 11.6 Å². The van der Waals surface area contributed by atoms with Gasteiger partial charge in [0, 0.05) is 5.02 Å². The molecule has 0 fully saturated rings. The Balaban J connectivity index is 1.90. The van der Waals surface area contributed by atoms with Crippen molar-refractivity contribution in [3.63, 3.8) is 0 Å². The molecular formula is C15H13ClN4. The number of nitrogens with one attached hydrogen (secondary N) is 1. The van der Waals surface area contributed by atoms with Gasteiger partial charge in [0.15, 0.2) is 0 Å². The second kappa shape index (κ2) is 5.35. The summed E-state index contributed by atoms with van der Waals surface area (Å²) in [5.74, 6) is 6.34. The van der Waals surface area contributed by atoms with Crippen molar-refractivity contribution in [1.29, 1.82) is 0 Å². The molecule has 20 heavy (non-hydrogen) atoms. The maximum absolute atomic E-state index is 5.88. The summed E-state index contributed by atoms with van der Waals surface area (Å²) in [5.41, 5.74) is 3.66. The number of aromatic nitrogens is 2. The summed E-state index contributed by atoms with van der Waals surface area (Å²) in [6, 6.07) is 15.3. The molecule has 5 heteroatoms. The van der Waals surface area contributed by atoms with Crippen LogP contribution in [0.3, 0.4) is 0 Å². The summed E-state index contributed by atoms with van der Waals surface area (Å²) in [5, 5.41) is 4.56. The maximum atomic E-state index is 5.88. The van der Waals surface area contributed by atoms with E-state index >= 15 is 0 Å². The summed E-state index contributed by atoms with van der Waals surface area (Å²) in [4.78, 5) is 7.79. The first kappa shape index (κ1) is 12.7. The van der Waals surface area contributed by atoms with E-state index < -0.39 is 0 Å². The molecule has 1 heterocycles. The van der Waals surface area contributed by atoms with Gasteiger partial charge in [-0.2, -0.15) is 5.10 Å². The molecule has 3 rings (SSSR count). The molecule has 2 aromatic carbocycles. The van der Waals surface area contributed by atoms with Crippen molar-refractivity contribution in [2.45, 2.75) is 6.42 Å². The molecule has 0 aliphatic rings. The van der Waals surface area contributed by atoms with E-state index in [4.69, 9.17) is 17.4 Å². The molecule has 0 amide bonds. The molecule has 1 aromatic heterocycles. The molecule has 0 saturated carbocycles. The minimum absolute atomic E-state index is 0.548. The van der Waals surface area contributed by atoms with Gasteiger partial charge in [-0.1, -0.05) is 35.9 Å². The van der Waals surface area contributed by atoms with Crippen molar-refractivity contribution in [3.8, 4) is 0 Å². The van der Waals surface area contributed by atoms with Crippen molar-refractivity contribution in [3.05, 3.63) is 64.9 Å². The van der Waals surface area contributed by atoms with Gasteiger partial charge in [-0.3, -0.25) is 0 Å². The number of nitrogens with two attached hydrogens (primary N) is 1. The van der Waals surface area contributed by atoms with Crippen LogP contribution in [-0.4, -0.2) is 15.7 Å². The van der Waals surface area contributed by atoms with Crippen molar-refractivity contribution in [1.82, 2.24) is 9.97 Å². The second-order valence-electron chi connectivity index (χ2n) is 4.46. The van der Waals surface area contributed by atoms with E-state index in [9.17, 15) is 0 Å². The Morgan fingerprint density at radius 3 is 2.60 bits per heavy atom. The first-order valence-electron chi connectivity index (χ1n) is 6.22. The topological polar surface area (TPSA) is 67.1 Å². The number of rotatable bonds is 3. The van der Waals surface area contributed by atoms with Gasteiger partial charge in [-0.05, 0) is 29.8 Å². The first-order chi connectivity index (χ1) is 9.76. The van der Waals surface area contributed by atoms with Crippen molar-refractivity contribution in [2.75, 3.05) is 0 Å². The van der Waals surface area contributed by atoms with Gasteiger partial charge in [0.2, 0.25) is 0 Å². The lowest BCUT2D eigenvalue weighted by Crippen LogP contribution is -2.09. The van der Waals surface area contributed by atoms with Gasteiger partial charge in [-0.25, -0.2) is 4.98 Å². The molecule has 0 saturated heterocycles. The minimum Gasteiger partial charge on any atom is -0.342 e. The molecular weight excluding hydrogens is 272 g/mol. The van der Waals surface area contributed by atoms with Crippen LogP contribution in [0.5, 0.6) is 0 Å². The summed E-state index contributed by atoms with van der Waals surface area (Å²) >= 11 is 5.88. The Labute approximate surface area is 121 Å². The van der Waals surface area contributed by atoms with E-state index in [-0.39, 0.29) is 0 Å². The second-order valence-corrected chi connectivity index (χ2v) is 4.90. The highest BCUT2D eigenvalue weighted by Gasteiger charge is 2.09. The summed E-state index contributed by atoms with van der Waals surface area (Å²) in [6.45, 7) is 0. The number of aromatic amines is 1. The first-order valence-corrected chi connectivity index (χ1v) is 6.60. The smallest absolute Gasteiger partial charge is 0.113 e. The van der Waals surface area contributed by atoms with E-state index in [1.54, 1.807) is 0 Å². The summed E-state index contributed by atoms with van der Waals surface area (Å²) < 4.78 is 0. The van der Waals surface area contributed by atoms with Crippen molar-refractivity contribution in [2.24, 2.45) is 10.9 Å². The average Bonchev–Trinajstić information content (AvgIpc) is 2.88. The molecule has 3 aromatic rings. The van der Waals surface area contributed by atoms with Crippen LogP contribution in [-0.2, 0) is 6.42 Å². The van der Waals surface area contributed by atoms with Crippen molar-refractivity contribution >= 4 is 28.3 Å². The Morgan fingerprint density at radius 1 is 1.15 bits per heavy atom. The molecule has 0 aliphatic carbocycles. The van der Waals surface area contributed by atoms with Gasteiger partial charge in [0.05, 0.1) is 23.2 Å². The number of H-pyrrole nitrogens is 1. The fraction of sp³-hybridized carbons (Fsp3) is 0.0667. The maximum Gasteiger partial charge on any atom is 0.113 e. The van der Waals surface area contributed by atoms with E-state index in [1.807, 2.05) is 48.5 Å². The number of benzene rings is 2. The molecule has 3 N–H and O–H groups in total. The minimum atomic E-state index is 0.548. The fourth-order valence-electron chi connectivity index (χ4n) is 2.11. The lowest BCUT2D eigenvalue weighted by molar-refractivity contribution is 1.08. The monoisotopic (exact) mass is 284 g/mol. The predicted octanol–water partition coefficient (Wildman–Crippen LogP) is 3.12. The lowest BCUT2D eigenvalue weighted by atomic mass is 10.1. The van der Waals surface area contributed by atoms with Crippen LogP contribution < -0.4 is 5.84 Å². The number of imidazole rings is 1. The number of hydrogen-bond acceptors (Lipinski definition) is 3. The molecule has 0 spiro atoms. The SMILES string of the molecule is N/N=C(/Cc1nc2ccccc2[nH]1)c1ccc(Cl)cc1. The molecule has 0 unspecified atom stereocenters. The van der Waals surface area contributed by atoms with Crippen LogP contribution in [0.15, 0.2) is 53.6 Å². The highest BCUT2D eigenvalue weighted by molar-refractivity contribution is 6.30. The standard InChI is InChI=1S/C15H13ClN4/c16-11-7-5-10(6-8-11)14(20-17)9-15-18-12-3-1-2-4-13(12)19-15/h1-8H,9,17H2,(H,18,19)/b20-14-. The number of hydrazone groups is 1. The Bertz CT molecular complexity index is 726. The molecule has 0 aliphatic heterocycles. The van der Waals surface area contributed by atoms with E-state index in [2.05, 4.69) is 15.1 Å². The van der Waals surface area contributed by atoms with E-state index in [1.165, 1.54) is 0 Å². The summed E-state index contributed by atoms with van der Waals surface area (Å²) in [6.07, 6.45) is 0.548. The van der Waals surface area contributed by atoms with Gasteiger partial charge < -0.3 is 10.8 Å². The highest BCUT2D eigenvalue weighted by Crippen LogP contribution is 2.14. The molecule has 0 atom stereocenters. The zero-order valence-corrected chi connectivity index (χ0v) is 11.4. The molecule has 100 valence electrons. The number of halogens is 1.